The van der Waals surface area contributed by atoms with Crippen molar-refractivity contribution < 1.29 is 19.1 Å². The number of carbonyl (C=O) groups is 3. The number of amides is 3. The number of aryl methyl sites for hydroxylation is 1. The molecule has 33 heavy (non-hydrogen) atoms. The van der Waals surface area contributed by atoms with E-state index in [0.29, 0.717) is 6.61 Å². The van der Waals surface area contributed by atoms with E-state index in [1.165, 1.54) is 0 Å². The van der Waals surface area contributed by atoms with Crippen LogP contribution in [0.15, 0.2) is 48.7 Å². The van der Waals surface area contributed by atoms with Crippen LogP contribution >= 0.6 is 0 Å². The number of hydrogen-bond acceptors (Lipinski definition) is 4. The lowest BCUT2D eigenvalue weighted by atomic mass is 10.0. The molecule has 3 amide bonds. The van der Waals surface area contributed by atoms with Gasteiger partial charge in [-0.05, 0) is 42.7 Å². The zero-order valence-corrected chi connectivity index (χ0v) is 18.9. The van der Waals surface area contributed by atoms with Crippen molar-refractivity contribution in [1.29, 1.82) is 0 Å². The Morgan fingerprint density at radius 2 is 1.88 bits per heavy atom. The van der Waals surface area contributed by atoms with E-state index in [4.69, 9.17) is 10.5 Å². The number of H-pyrrole nitrogens is 1. The molecule has 0 fully saturated rings. The standard InChI is InChI=1S/C25H30N4O4/c1-3-10-33-19-8-9-21-20(13-19)18(14-27-21)12-22(25(32)28-15-23(26)30)29-24(31)11-17-6-4-16(2)5-7-17/h4-9,13-14,22,27H,3,10-12,15H2,1-2H3,(H2,26,30)(H,28,32)(H,29,31). The van der Waals surface area contributed by atoms with Gasteiger partial charge in [-0.15, -0.1) is 0 Å². The smallest absolute Gasteiger partial charge is 0.243 e. The molecule has 3 rings (SSSR count). The van der Waals surface area contributed by atoms with Gasteiger partial charge in [0.1, 0.15) is 11.8 Å². The summed E-state index contributed by atoms with van der Waals surface area (Å²) < 4.78 is 5.73. The minimum atomic E-state index is -0.874. The largest absolute Gasteiger partial charge is 0.494 e. The van der Waals surface area contributed by atoms with E-state index in [2.05, 4.69) is 15.6 Å². The Bertz CT molecular complexity index is 1120. The Balaban J connectivity index is 1.78. The van der Waals surface area contributed by atoms with E-state index in [1.807, 2.05) is 62.5 Å². The monoisotopic (exact) mass is 450 g/mol. The number of primary amides is 1. The van der Waals surface area contributed by atoms with Crippen LogP contribution in [0.5, 0.6) is 5.75 Å². The van der Waals surface area contributed by atoms with Crippen LogP contribution in [0.1, 0.15) is 30.0 Å². The molecule has 5 N–H and O–H groups in total. The zero-order chi connectivity index (χ0) is 23.8. The number of nitrogens with one attached hydrogen (secondary N) is 3. The molecular weight excluding hydrogens is 420 g/mol. The first-order valence-electron chi connectivity index (χ1n) is 11.0. The Morgan fingerprint density at radius 1 is 1.12 bits per heavy atom. The molecule has 0 bridgehead atoms. The van der Waals surface area contributed by atoms with Gasteiger partial charge in [0.15, 0.2) is 0 Å². The van der Waals surface area contributed by atoms with Gasteiger partial charge in [0, 0.05) is 23.5 Å². The van der Waals surface area contributed by atoms with E-state index >= 15 is 0 Å². The highest BCUT2D eigenvalue weighted by Crippen LogP contribution is 2.25. The topological polar surface area (TPSA) is 126 Å². The number of fused-ring (bicyclic) bond motifs is 1. The van der Waals surface area contributed by atoms with Gasteiger partial charge < -0.3 is 26.1 Å². The van der Waals surface area contributed by atoms with Gasteiger partial charge in [-0.2, -0.15) is 0 Å². The fraction of sp³-hybridized carbons (Fsp3) is 0.320. The molecule has 0 radical (unpaired) electrons. The van der Waals surface area contributed by atoms with Crippen molar-refractivity contribution in [2.75, 3.05) is 13.2 Å². The molecule has 0 aliphatic heterocycles. The highest BCUT2D eigenvalue weighted by Gasteiger charge is 2.23. The molecule has 0 saturated heterocycles. The Morgan fingerprint density at radius 3 is 2.58 bits per heavy atom. The fourth-order valence-electron chi connectivity index (χ4n) is 3.50. The average Bonchev–Trinajstić information content (AvgIpc) is 3.19. The second-order valence-electron chi connectivity index (χ2n) is 8.04. The third-order valence-electron chi connectivity index (χ3n) is 5.21. The van der Waals surface area contributed by atoms with Gasteiger partial charge in [-0.1, -0.05) is 36.8 Å². The molecule has 0 spiro atoms. The molecule has 0 saturated carbocycles. The van der Waals surface area contributed by atoms with E-state index in [-0.39, 0.29) is 25.3 Å². The highest BCUT2D eigenvalue weighted by molar-refractivity contribution is 5.92. The van der Waals surface area contributed by atoms with Crippen molar-refractivity contribution >= 4 is 28.6 Å². The maximum absolute atomic E-state index is 12.8. The van der Waals surface area contributed by atoms with E-state index in [1.54, 1.807) is 0 Å². The van der Waals surface area contributed by atoms with Crippen LogP contribution in [0.2, 0.25) is 0 Å². The SMILES string of the molecule is CCCOc1ccc2[nH]cc(CC(NC(=O)Cc3ccc(C)cc3)C(=O)NCC(N)=O)c2c1. The van der Waals surface area contributed by atoms with Crippen LogP contribution < -0.4 is 21.1 Å². The first-order valence-corrected chi connectivity index (χ1v) is 11.0. The lowest BCUT2D eigenvalue weighted by molar-refractivity contribution is -0.129. The number of nitrogens with two attached hydrogens (primary N) is 1. The molecule has 174 valence electrons. The second kappa shape index (κ2) is 11.2. The minimum absolute atomic E-state index is 0.142. The van der Waals surface area contributed by atoms with Gasteiger partial charge in [0.2, 0.25) is 17.7 Å². The molecule has 8 heteroatoms. The lowest BCUT2D eigenvalue weighted by Gasteiger charge is -2.18. The van der Waals surface area contributed by atoms with Crippen molar-refractivity contribution in [1.82, 2.24) is 15.6 Å². The summed E-state index contributed by atoms with van der Waals surface area (Å²) in [6, 6.07) is 12.5. The number of hydrogen-bond donors (Lipinski definition) is 4. The maximum Gasteiger partial charge on any atom is 0.243 e. The number of rotatable bonds is 11. The van der Waals surface area contributed by atoms with Crippen LogP contribution in [0.4, 0.5) is 0 Å². The molecule has 1 unspecified atom stereocenters. The number of ether oxygens (including phenoxy) is 1. The summed E-state index contributed by atoms with van der Waals surface area (Å²) in [6.45, 7) is 4.32. The van der Waals surface area contributed by atoms with Gasteiger partial charge >= 0.3 is 0 Å². The molecule has 0 aliphatic carbocycles. The zero-order valence-electron chi connectivity index (χ0n) is 18.9. The minimum Gasteiger partial charge on any atom is -0.494 e. The average molecular weight is 451 g/mol. The van der Waals surface area contributed by atoms with Crippen LogP contribution in [-0.4, -0.2) is 41.9 Å². The maximum atomic E-state index is 12.8. The molecule has 1 heterocycles. The highest BCUT2D eigenvalue weighted by atomic mass is 16.5. The van der Waals surface area contributed by atoms with Crippen molar-refractivity contribution in [3.05, 3.63) is 65.4 Å². The molecule has 1 aromatic heterocycles. The summed E-state index contributed by atoms with van der Waals surface area (Å²) in [6.07, 6.45) is 3.09. The van der Waals surface area contributed by atoms with Crippen LogP contribution in [0.3, 0.4) is 0 Å². The van der Waals surface area contributed by atoms with Crippen molar-refractivity contribution in [2.45, 2.75) is 39.2 Å². The van der Waals surface area contributed by atoms with Crippen LogP contribution in [0, 0.1) is 6.92 Å². The first kappa shape index (κ1) is 23.8. The quantitative estimate of drug-likeness (QED) is 0.357. The molecular formula is C25H30N4O4. The number of aromatic amines is 1. The predicted molar refractivity (Wildman–Crippen MR) is 127 cm³/mol. The Kier molecular flexibility index (Phi) is 8.07. The predicted octanol–water partition coefficient (Wildman–Crippen LogP) is 2.14. The Hall–Kier alpha value is -3.81. The summed E-state index contributed by atoms with van der Waals surface area (Å²) >= 11 is 0. The molecule has 0 aliphatic rings. The lowest BCUT2D eigenvalue weighted by Crippen LogP contribution is -2.50. The number of carbonyl (C=O) groups excluding carboxylic acids is 3. The first-order chi connectivity index (χ1) is 15.9. The van der Waals surface area contributed by atoms with Crippen molar-refractivity contribution in [2.24, 2.45) is 5.73 Å². The van der Waals surface area contributed by atoms with Crippen LogP contribution in [0.25, 0.3) is 10.9 Å². The van der Waals surface area contributed by atoms with Crippen molar-refractivity contribution in [3.8, 4) is 5.75 Å². The van der Waals surface area contributed by atoms with Crippen molar-refractivity contribution in [3.63, 3.8) is 0 Å². The fourth-order valence-corrected chi connectivity index (χ4v) is 3.50. The van der Waals surface area contributed by atoms with Gasteiger partial charge in [-0.25, -0.2) is 0 Å². The molecule has 8 nitrogen and oxygen atoms in total. The van der Waals surface area contributed by atoms with E-state index < -0.39 is 17.9 Å². The summed E-state index contributed by atoms with van der Waals surface area (Å²) in [5.74, 6) is -0.676. The number of benzene rings is 2. The second-order valence-corrected chi connectivity index (χ2v) is 8.04. The molecule has 2 aromatic carbocycles. The molecule has 3 aromatic rings. The van der Waals surface area contributed by atoms with Gasteiger partial charge in [0.05, 0.1) is 19.6 Å². The third-order valence-corrected chi connectivity index (χ3v) is 5.21. The Labute approximate surface area is 192 Å². The summed E-state index contributed by atoms with van der Waals surface area (Å²) in [7, 11) is 0. The van der Waals surface area contributed by atoms with Crippen LogP contribution in [-0.2, 0) is 27.2 Å². The third kappa shape index (κ3) is 6.83. The summed E-state index contributed by atoms with van der Waals surface area (Å²) in [5.41, 5.74) is 8.86. The normalized spacial score (nSPS) is 11.7. The summed E-state index contributed by atoms with van der Waals surface area (Å²) in [4.78, 5) is 39.8. The van der Waals surface area contributed by atoms with Gasteiger partial charge in [0.25, 0.3) is 0 Å². The summed E-state index contributed by atoms with van der Waals surface area (Å²) in [5, 5.41) is 6.21. The van der Waals surface area contributed by atoms with E-state index in [0.717, 1.165) is 39.8 Å². The molecule has 1 atom stereocenters. The van der Waals surface area contributed by atoms with Gasteiger partial charge in [-0.3, -0.25) is 14.4 Å². The van der Waals surface area contributed by atoms with E-state index in [9.17, 15) is 14.4 Å². The number of aromatic nitrogens is 1.